The Hall–Kier alpha value is -1.39. The topological polar surface area (TPSA) is 68.0 Å². The summed E-state index contributed by atoms with van der Waals surface area (Å²) in [6.45, 7) is 1.99. The number of hydrogen-bond donors (Lipinski definition) is 1. The Morgan fingerprint density at radius 3 is 2.63 bits per heavy atom. The molecule has 0 spiro atoms. The van der Waals surface area contributed by atoms with Gasteiger partial charge in [0, 0.05) is 12.5 Å². The summed E-state index contributed by atoms with van der Waals surface area (Å²) < 4.78 is 2.24. The second-order valence-corrected chi connectivity index (χ2v) is 6.22. The fourth-order valence-corrected chi connectivity index (χ4v) is 3.54. The quantitative estimate of drug-likeness (QED) is 0.886. The molecule has 19 heavy (non-hydrogen) atoms. The van der Waals surface area contributed by atoms with Crippen molar-refractivity contribution in [3.8, 4) is 0 Å². The highest BCUT2D eigenvalue weighted by molar-refractivity contribution is 5.67. The first-order chi connectivity index (χ1) is 9.10. The van der Waals surface area contributed by atoms with Gasteiger partial charge in [-0.2, -0.15) is 0 Å². The van der Waals surface area contributed by atoms with Crippen LogP contribution in [0.1, 0.15) is 62.6 Å². The summed E-state index contributed by atoms with van der Waals surface area (Å²) in [6, 6.07) is 0.563. The van der Waals surface area contributed by atoms with Crippen molar-refractivity contribution in [3.05, 3.63) is 11.6 Å². The van der Waals surface area contributed by atoms with Crippen LogP contribution in [0.25, 0.3) is 0 Å². The number of nitrogens with zero attached hydrogens (tertiary/aromatic N) is 3. The molecule has 0 unspecified atom stereocenters. The summed E-state index contributed by atoms with van der Waals surface area (Å²) in [5.41, 5.74) is -0.0854. The van der Waals surface area contributed by atoms with Crippen molar-refractivity contribution in [1.29, 1.82) is 0 Å². The molecule has 1 aromatic heterocycles. The van der Waals surface area contributed by atoms with Crippen LogP contribution in [-0.4, -0.2) is 25.8 Å². The van der Waals surface area contributed by atoms with E-state index in [-0.39, 0.29) is 11.8 Å². The van der Waals surface area contributed by atoms with Gasteiger partial charge in [0.1, 0.15) is 11.6 Å². The normalized spacial score (nSPS) is 21.7. The molecule has 0 aliphatic heterocycles. The largest absolute Gasteiger partial charge is 0.481 e. The predicted octanol–water partition coefficient (Wildman–Crippen LogP) is 2.50. The lowest BCUT2D eigenvalue weighted by molar-refractivity contribution is -0.139. The lowest BCUT2D eigenvalue weighted by atomic mass is 9.79. The van der Waals surface area contributed by atoms with Gasteiger partial charge in [-0.3, -0.25) is 4.79 Å². The Morgan fingerprint density at radius 1 is 1.37 bits per heavy atom. The minimum atomic E-state index is -0.684. The molecule has 5 nitrogen and oxygen atoms in total. The van der Waals surface area contributed by atoms with Crippen LogP contribution in [0.2, 0.25) is 0 Å². The third kappa shape index (κ3) is 2.51. The van der Waals surface area contributed by atoms with E-state index in [2.05, 4.69) is 14.8 Å². The average molecular weight is 263 g/mol. The summed E-state index contributed by atoms with van der Waals surface area (Å²) in [4.78, 5) is 11.1. The molecule has 5 heteroatoms. The van der Waals surface area contributed by atoms with E-state index in [9.17, 15) is 9.90 Å². The number of carbonyl (C=O) groups is 1. The molecule has 0 aromatic carbocycles. The van der Waals surface area contributed by atoms with E-state index >= 15 is 0 Å². The fourth-order valence-electron chi connectivity index (χ4n) is 3.54. The van der Waals surface area contributed by atoms with E-state index in [4.69, 9.17) is 0 Å². The lowest BCUT2D eigenvalue weighted by Crippen LogP contribution is -2.25. The van der Waals surface area contributed by atoms with Crippen molar-refractivity contribution < 1.29 is 9.90 Å². The van der Waals surface area contributed by atoms with Crippen LogP contribution in [-0.2, 0) is 11.2 Å². The Kier molecular flexibility index (Phi) is 3.07. The molecule has 2 aliphatic rings. The molecule has 0 bridgehead atoms. The van der Waals surface area contributed by atoms with Crippen molar-refractivity contribution in [2.75, 3.05) is 0 Å². The number of aryl methyl sites for hydroxylation is 1. The fraction of sp³-hybridized carbons (Fsp3) is 0.786. The molecule has 1 aromatic rings. The first-order valence-electron chi connectivity index (χ1n) is 7.22. The van der Waals surface area contributed by atoms with Crippen LogP contribution >= 0.6 is 0 Å². The summed E-state index contributed by atoms with van der Waals surface area (Å²) in [7, 11) is 0. The highest BCUT2D eigenvalue weighted by atomic mass is 16.4. The molecule has 3 rings (SSSR count). The number of carboxylic acid groups (broad SMARTS) is 1. The molecule has 1 heterocycles. The zero-order chi connectivity index (χ0) is 13.5. The number of aliphatic carboxylic acids is 1. The third-order valence-electron chi connectivity index (χ3n) is 4.57. The highest BCUT2D eigenvalue weighted by Gasteiger charge is 2.39. The maximum atomic E-state index is 11.1. The van der Waals surface area contributed by atoms with Crippen LogP contribution in [0.4, 0.5) is 0 Å². The second-order valence-electron chi connectivity index (χ2n) is 6.22. The zero-order valence-electron chi connectivity index (χ0n) is 11.4. The molecule has 0 radical (unpaired) electrons. The van der Waals surface area contributed by atoms with Crippen molar-refractivity contribution in [2.24, 2.45) is 5.41 Å². The molecule has 104 valence electrons. The molecule has 0 atom stereocenters. The smallest absolute Gasteiger partial charge is 0.303 e. The predicted molar refractivity (Wildman–Crippen MR) is 69.9 cm³/mol. The van der Waals surface area contributed by atoms with Crippen LogP contribution in [0.15, 0.2) is 0 Å². The van der Waals surface area contributed by atoms with Crippen molar-refractivity contribution in [1.82, 2.24) is 14.8 Å². The molecule has 2 aliphatic carbocycles. The van der Waals surface area contributed by atoms with Gasteiger partial charge < -0.3 is 9.67 Å². The molecule has 0 saturated heterocycles. The van der Waals surface area contributed by atoms with Gasteiger partial charge in [0.25, 0.3) is 0 Å². The molecular formula is C14H21N3O2. The standard InChI is InChI=1S/C14H21N3O2/c1-10-15-16-12(17(10)11-4-5-11)8-14(9-13(18)19)6-2-3-7-14/h11H,2-9H2,1H3,(H,18,19). The summed E-state index contributed by atoms with van der Waals surface area (Å²) in [5, 5.41) is 17.7. The Bertz CT molecular complexity index is 485. The molecule has 1 N–H and O–H groups in total. The van der Waals surface area contributed by atoms with Gasteiger partial charge in [-0.1, -0.05) is 12.8 Å². The zero-order valence-corrected chi connectivity index (χ0v) is 11.4. The number of carboxylic acids is 1. The summed E-state index contributed by atoms with van der Waals surface area (Å²) >= 11 is 0. The van der Waals surface area contributed by atoms with Gasteiger partial charge in [-0.05, 0) is 38.0 Å². The van der Waals surface area contributed by atoms with Crippen molar-refractivity contribution >= 4 is 5.97 Å². The van der Waals surface area contributed by atoms with Gasteiger partial charge in [-0.25, -0.2) is 0 Å². The van der Waals surface area contributed by atoms with E-state index in [1.807, 2.05) is 6.92 Å². The minimum absolute atomic E-state index is 0.0854. The van der Waals surface area contributed by atoms with Gasteiger partial charge in [0.05, 0.1) is 6.42 Å². The van der Waals surface area contributed by atoms with Crippen LogP contribution in [0, 0.1) is 12.3 Å². The highest BCUT2D eigenvalue weighted by Crippen LogP contribution is 2.45. The van der Waals surface area contributed by atoms with Gasteiger partial charge in [0.15, 0.2) is 0 Å². The van der Waals surface area contributed by atoms with E-state index < -0.39 is 5.97 Å². The maximum absolute atomic E-state index is 11.1. The second kappa shape index (κ2) is 4.62. The first-order valence-corrected chi connectivity index (χ1v) is 7.22. The van der Waals surface area contributed by atoms with E-state index in [0.29, 0.717) is 6.04 Å². The van der Waals surface area contributed by atoms with E-state index in [1.165, 1.54) is 12.8 Å². The van der Waals surface area contributed by atoms with Gasteiger partial charge >= 0.3 is 5.97 Å². The van der Waals surface area contributed by atoms with E-state index in [0.717, 1.165) is 43.8 Å². The first kappa shape index (κ1) is 12.6. The number of aromatic nitrogens is 3. The van der Waals surface area contributed by atoms with Crippen LogP contribution in [0.5, 0.6) is 0 Å². The SMILES string of the molecule is Cc1nnc(CC2(CC(=O)O)CCCC2)n1C1CC1. The molecular weight excluding hydrogens is 242 g/mol. The summed E-state index contributed by atoms with van der Waals surface area (Å²) in [5.74, 6) is 1.29. The Balaban J connectivity index is 1.84. The Labute approximate surface area is 113 Å². The van der Waals surface area contributed by atoms with Crippen molar-refractivity contribution in [2.45, 2.75) is 64.3 Å². The van der Waals surface area contributed by atoms with Gasteiger partial charge in [0.2, 0.25) is 0 Å². The average Bonchev–Trinajstić information content (AvgIpc) is 2.97. The molecule has 2 fully saturated rings. The Morgan fingerprint density at radius 2 is 2.05 bits per heavy atom. The monoisotopic (exact) mass is 263 g/mol. The van der Waals surface area contributed by atoms with Crippen molar-refractivity contribution in [3.63, 3.8) is 0 Å². The molecule has 2 saturated carbocycles. The lowest BCUT2D eigenvalue weighted by Gasteiger charge is -2.26. The van der Waals surface area contributed by atoms with Crippen LogP contribution in [0.3, 0.4) is 0 Å². The minimum Gasteiger partial charge on any atom is -0.481 e. The van der Waals surface area contributed by atoms with E-state index in [1.54, 1.807) is 0 Å². The molecule has 0 amide bonds. The number of rotatable bonds is 5. The third-order valence-corrected chi connectivity index (χ3v) is 4.57. The van der Waals surface area contributed by atoms with Gasteiger partial charge in [-0.15, -0.1) is 10.2 Å². The summed E-state index contributed by atoms with van der Waals surface area (Å²) in [6.07, 6.45) is 7.76. The van der Waals surface area contributed by atoms with Crippen LogP contribution < -0.4 is 0 Å². The maximum Gasteiger partial charge on any atom is 0.303 e. The number of hydrogen-bond acceptors (Lipinski definition) is 3.